The van der Waals surface area contributed by atoms with Crippen molar-refractivity contribution in [1.29, 1.82) is 0 Å². The number of hydrogen-bond acceptors (Lipinski definition) is 4. The number of ether oxygens (including phenoxy) is 1. The van der Waals surface area contributed by atoms with E-state index in [0.717, 1.165) is 5.56 Å². The predicted octanol–water partition coefficient (Wildman–Crippen LogP) is 2.91. The third-order valence-electron chi connectivity index (χ3n) is 2.05. The van der Waals surface area contributed by atoms with E-state index >= 15 is 0 Å². The lowest BCUT2D eigenvalue weighted by Gasteiger charge is -2.00. The van der Waals surface area contributed by atoms with Gasteiger partial charge in [0.1, 0.15) is 0 Å². The number of benzene rings is 1. The maximum atomic E-state index is 11.1. The summed E-state index contributed by atoms with van der Waals surface area (Å²) >= 11 is 0. The van der Waals surface area contributed by atoms with Crippen molar-refractivity contribution in [3.63, 3.8) is 0 Å². The monoisotopic (exact) mass is 232 g/mol. The minimum atomic E-state index is -0.575. The minimum absolute atomic E-state index is 0.127. The third-order valence-corrected chi connectivity index (χ3v) is 2.05. The summed E-state index contributed by atoms with van der Waals surface area (Å²) in [4.78, 5) is 15.1. The van der Waals surface area contributed by atoms with E-state index in [1.165, 1.54) is 0 Å². The van der Waals surface area contributed by atoms with Gasteiger partial charge < -0.3 is 9.15 Å². The van der Waals surface area contributed by atoms with Gasteiger partial charge in [-0.15, -0.1) is 0 Å². The summed E-state index contributed by atoms with van der Waals surface area (Å²) in [6.07, 6.45) is 0.977. The smallest absolute Gasteiger partial charge is 0.415 e. The van der Waals surface area contributed by atoms with E-state index in [9.17, 15) is 4.79 Å². The van der Waals surface area contributed by atoms with Gasteiger partial charge in [0.2, 0.25) is 0 Å². The molecule has 1 amide bonds. The zero-order valence-corrected chi connectivity index (χ0v) is 9.34. The van der Waals surface area contributed by atoms with Crippen molar-refractivity contribution in [2.24, 2.45) is 0 Å². The first-order valence-electron chi connectivity index (χ1n) is 5.24. The highest BCUT2D eigenvalue weighted by atomic mass is 16.5. The van der Waals surface area contributed by atoms with Crippen LogP contribution in [0.25, 0.3) is 11.3 Å². The van der Waals surface area contributed by atoms with Gasteiger partial charge in [-0.3, -0.25) is 0 Å². The molecule has 1 N–H and O–H groups in total. The van der Waals surface area contributed by atoms with E-state index in [4.69, 9.17) is 9.15 Å². The van der Waals surface area contributed by atoms with Gasteiger partial charge >= 0.3 is 12.1 Å². The molecule has 2 aromatic rings. The molecule has 0 spiro atoms. The first-order chi connectivity index (χ1) is 8.29. The highest BCUT2D eigenvalue weighted by Crippen LogP contribution is 2.21. The van der Waals surface area contributed by atoms with Crippen LogP contribution in [0.2, 0.25) is 0 Å². The Balaban J connectivity index is 2.09. The van der Waals surface area contributed by atoms with E-state index in [0.29, 0.717) is 12.4 Å². The van der Waals surface area contributed by atoms with Crippen LogP contribution in [0.4, 0.5) is 10.8 Å². The summed E-state index contributed by atoms with van der Waals surface area (Å²) in [5.74, 6) is 0.595. The molecule has 1 aromatic heterocycles. The van der Waals surface area contributed by atoms with Crippen LogP contribution in [0, 0.1) is 0 Å². The Morgan fingerprint density at radius 3 is 2.88 bits per heavy atom. The number of carbonyl (C=O) groups is 1. The maximum Gasteiger partial charge on any atom is 0.415 e. The first-order valence-corrected chi connectivity index (χ1v) is 5.24. The number of rotatable bonds is 3. The number of hydrogen-bond donors (Lipinski definition) is 1. The lowest BCUT2D eigenvalue weighted by atomic mass is 10.2. The van der Waals surface area contributed by atoms with Crippen molar-refractivity contribution in [3.8, 4) is 11.3 Å². The van der Waals surface area contributed by atoms with Gasteiger partial charge in [-0.2, -0.15) is 0 Å². The summed E-state index contributed by atoms with van der Waals surface area (Å²) in [5.41, 5.74) is 0.900. The third kappa shape index (κ3) is 2.84. The summed E-state index contributed by atoms with van der Waals surface area (Å²) in [6.45, 7) is 2.03. The fourth-order valence-electron chi connectivity index (χ4n) is 1.32. The van der Waals surface area contributed by atoms with Gasteiger partial charge in [0.15, 0.2) is 5.76 Å². The SMILES string of the molecule is CCOC(=O)Nc1ncc(-c2ccccc2)o1. The Kier molecular flexibility index (Phi) is 3.40. The second-order valence-electron chi connectivity index (χ2n) is 3.24. The van der Waals surface area contributed by atoms with E-state index in [1.807, 2.05) is 30.3 Å². The lowest BCUT2D eigenvalue weighted by molar-refractivity contribution is 0.167. The van der Waals surface area contributed by atoms with Gasteiger partial charge in [0, 0.05) is 5.56 Å². The molecular formula is C12H12N2O3. The average Bonchev–Trinajstić information content (AvgIpc) is 2.79. The highest BCUT2D eigenvalue weighted by Gasteiger charge is 2.09. The van der Waals surface area contributed by atoms with Crippen LogP contribution in [0.15, 0.2) is 40.9 Å². The summed E-state index contributed by atoms with van der Waals surface area (Å²) < 4.78 is 10.1. The van der Waals surface area contributed by atoms with Crippen molar-refractivity contribution < 1.29 is 13.9 Å². The molecule has 2 rings (SSSR count). The summed E-state index contributed by atoms with van der Waals surface area (Å²) in [7, 11) is 0. The van der Waals surface area contributed by atoms with Crippen LogP contribution in [-0.2, 0) is 4.74 Å². The second kappa shape index (κ2) is 5.16. The molecular weight excluding hydrogens is 220 g/mol. The van der Waals surface area contributed by atoms with Crippen molar-refractivity contribution >= 4 is 12.1 Å². The van der Waals surface area contributed by atoms with Crippen LogP contribution < -0.4 is 5.32 Å². The van der Waals surface area contributed by atoms with Crippen molar-refractivity contribution in [1.82, 2.24) is 4.98 Å². The molecule has 0 fully saturated rings. The molecule has 1 aromatic carbocycles. The first kappa shape index (κ1) is 11.2. The molecule has 1 heterocycles. The fourth-order valence-corrected chi connectivity index (χ4v) is 1.32. The molecule has 0 radical (unpaired) electrons. The van der Waals surface area contributed by atoms with Crippen LogP contribution in [0.5, 0.6) is 0 Å². The topological polar surface area (TPSA) is 64.4 Å². The van der Waals surface area contributed by atoms with E-state index < -0.39 is 6.09 Å². The van der Waals surface area contributed by atoms with Gasteiger partial charge in [-0.25, -0.2) is 15.1 Å². The molecule has 0 atom stereocenters. The second-order valence-corrected chi connectivity index (χ2v) is 3.24. The molecule has 5 heteroatoms. The molecule has 5 nitrogen and oxygen atoms in total. The number of aromatic nitrogens is 1. The summed E-state index contributed by atoms with van der Waals surface area (Å²) in [5, 5.41) is 2.39. The lowest BCUT2D eigenvalue weighted by Crippen LogP contribution is -2.13. The van der Waals surface area contributed by atoms with E-state index in [1.54, 1.807) is 13.1 Å². The number of nitrogens with one attached hydrogen (secondary N) is 1. The minimum Gasteiger partial charge on any atom is -0.450 e. The molecule has 0 bridgehead atoms. The number of nitrogens with zero attached hydrogens (tertiary/aromatic N) is 1. The maximum absolute atomic E-state index is 11.1. The van der Waals surface area contributed by atoms with Gasteiger partial charge in [-0.05, 0) is 6.92 Å². The number of amides is 1. The van der Waals surface area contributed by atoms with Gasteiger partial charge in [0.25, 0.3) is 0 Å². The normalized spacial score (nSPS) is 9.94. The Bertz CT molecular complexity index is 493. The highest BCUT2D eigenvalue weighted by molar-refractivity contribution is 5.82. The zero-order chi connectivity index (χ0) is 12.1. The van der Waals surface area contributed by atoms with Crippen LogP contribution >= 0.6 is 0 Å². The standard InChI is InChI=1S/C12H12N2O3/c1-2-16-12(15)14-11-13-8-10(17-11)9-6-4-3-5-7-9/h3-8H,2H2,1H3,(H,13,14,15). The molecule has 0 aliphatic heterocycles. The largest absolute Gasteiger partial charge is 0.450 e. The van der Waals surface area contributed by atoms with E-state index in [-0.39, 0.29) is 6.01 Å². The Hall–Kier alpha value is -2.30. The fraction of sp³-hybridized carbons (Fsp3) is 0.167. The molecule has 17 heavy (non-hydrogen) atoms. The van der Waals surface area contributed by atoms with Gasteiger partial charge in [0.05, 0.1) is 12.8 Å². The number of oxazole rings is 1. The molecule has 0 aliphatic carbocycles. The van der Waals surface area contributed by atoms with Gasteiger partial charge in [-0.1, -0.05) is 30.3 Å². The Morgan fingerprint density at radius 2 is 2.18 bits per heavy atom. The average molecular weight is 232 g/mol. The zero-order valence-electron chi connectivity index (χ0n) is 9.34. The molecule has 0 unspecified atom stereocenters. The quantitative estimate of drug-likeness (QED) is 0.883. The number of anilines is 1. The molecule has 88 valence electrons. The predicted molar refractivity (Wildman–Crippen MR) is 62.6 cm³/mol. The van der Waals surface area contributed by atoms with Crippen LogP contribution in [0.3, 0.4) is 0 Å². The van der Waals surface area contributed by atoms with E-state index in [2.05, 4.69) is 10.3 Å². The van der Waals surface area contributed by atoms with Crippen molar-refractivity contribution in [2.45, 2.75) is 6.92 Å². The Labute approximate surface area is 98.4 Å². The van der Waals surface area contributed by atoms with Crippen molar-refractivity contribution in [3.05, 3.63) is 36.5 Å². The molecule has 0 aliphatic rings. The van der Waals surface area contributed by atoms with Crippen LogP contribution in [0.1, 0.15) is 6.92 Å². The molecule has 0 saturated carbocycles. The Morgan fingerprint density at radius 1 is 1.41 bits per heavy atom. The number of carbonyl (C=O) groups excluding carboxylic acids is 1. The molecule has 0 saturated heterocycles. The van der Waals surface area contributed by atoms with Crippen LogP contribution in [-0.4, -0.2) is 17.7 Å². The summed E-state index contributed by atoms with van der Waals surface area (Å²) in [6, 6.07) is 9.63. The van der Waals surface area contributed by atoms with Crippen molar-refractivity contribution in [2.75, 3.05) is 11.9 Å².